The van der Waals surface area contributed by atoms with Crippen molar-refractivity contribution in [2.24, 2.45) is 0 Å². The summed E-state index contributed by atoms with van der Waals surface area (Å²) in [6.45, 7) is 3.51. The zero-order valence-corrected chi connectivity index (χ0v) is 18.0. The Kier molecular flexibility index (Phi) is 5.77. The number of nitrogens with one attached hydrogen (secondary N) is 1. The maximum absolute atomic E-state index is 12.9. The van der Waals surface area contributed by atoms with E-state index in [9.17, 15) is 13.2 Å². The first-order chi connectivity index (χ1) is 13.6. The van der Waals surface area contributed by atoms with Crippen LogP contribution in [0.5, 0.6) is 5.75 Å². The number of benzene rings is 2. The molecule has 29 heavy (non-hydrogen) atoms. The van der Waals surface area contributed by atoms with Gasteiger partial charge in [0.2, 0.25) is 0 Å². The predicted molar refractivity (Wildman–Crippen MR) is 112 cm³/mol. The van der Waals surface area contributed by atoms with Crippen molar-refractivity contribution in [3.63, 3.8) is 0 Å². The summed E-state index contributed by atoms with van der Waals surface area (Å²) in [7, 11) is -0.539. The van der Waals surface area contributed by atoms with Crippen molar-refractivity contribution >= 4 is 44.2 Å². The van der Waals surface area contributed by atoms with Gasteiger partial charge in [0.05, 0.1) is 11.1 Å². The summed E-state index contributed by atoms with van der Waals surface area (Å²) in [5.41, 5.74) is 1.36. The Morgan fingerprint density at radius 1 is 1.17 bits per heavy atom. The third-order valence-electron chi connectivity index (χ3n) is 4.03. The molecule has 0 fully saturated rings. The number of ether oxygens (including phenoxy) is 1. The highest BCUT2D eigenvalue weighted by atomic mass is 35.5. The number of halogens is 1. The van der Waals surface area contributed by atoms with Crippen LogP contribution in [0.1, 0.15) is 24.4 Å². The molecule has 0 saturated carbocycles. The van der Waals surface area contributed by atoms with Crippen LogP contribution in [0.4, 0.5) is 5.69 Å². The quantitative estimate of drug-likeness (QED) is 0.626. The minimum absolute atomic E-state index is 0.0521. The number of anilines is 1. The Hall–Kier alpha value is -2.71. The number of fused-ring (bicyclic) bond motifs is 1. The molecule has 1 aromatic heterocycles. The van der Waals surface area contributed by atoms with E-state index in [1.165, 1.54) is 18.2 Å². The number of carbonyl (C=O) groups is 1. The minimum Gasteiger partial charge on any atom is -0.490 e. The van der Waals surface area contributed by atoms with E-state index in [0.29, 0.717) is 11.0 Å². The van der Waals surface area contributed by atoms with Crippen molar-refractivity contribution < 1.29 is 22.4 Å². The fourth-order valence-corrected chi connectivity index (χ4v) is 4.35. The Morgan fingerprint density at radius 2 is 1.90 bits per heavy atom. The lowest BCUT2D eigenvalue weighted by Crippen LogP contribution is -2.31. The average molecular weight is 437 g/mol. The van der Waals surface area contributed by atoms with Crippen LogP contribution < -0.4 is 14.4 Å². The van der Waals surface area contributed by atoms with E-state index in [1.54, 1.807) is 32.0 Å². The summed E-state index contributed by atoms with van der Waals surface area (Å²) in [6, 6.07) is 11.4. The molecule has 0 radical (unpaired) electrons. The van der Waals surface area contributed by atoms with E-state index in [4.69, 9.17) is 20.8 Å². The summed E-state index contributed by atoms with van der Waals surface area (Å²) in [4.78, 5) is 14.2. The highest BCUT2D eigenvalue weighted by Crippen LogP contribution is 2.32. The van der Waals surface area contributed by atoms with Gasteiger partial charge in [-0.3, -0.25) is 4.79 Å². The Labute approximate surface area is 174 Å². The second-order valence-electron chi connectivity index (χ2n) is 6.90. The molecule has 7 nitrogen and oxygen atoms in total. The molecule has 0 spiro atoms. The molecule has 0 unspecified atom stereocenters. The minimum atomic E-state index is -4.30. The lowest BCUT2D eigenvalue weighted by atomic mass is 10.2. The first-order valence-corrected chi connectivity index (χ1v) is 10.7. The molecule has 1 heterocycles. The normalized spacial score (nSPS) is 11.7. The maximum atomic E-state index is 12.9. The molecule has 3 rings (SSSR count). The van der Waals surface area contributed by atoms with Gasteiger partial charge < -0.3 is 14.1 Å². The first-order valence-electron chi connectivity index (χ1n) is 8.81. The van der Waals surface area contributed by atoms with Gasteiger partial charge >= 0.3 is 5.91 Å². The molecular formula is C20H21ClN2O5S. The second kappa shape index (κ2) is 7.96. The van der Waals surface area contributed by atoms with Crippen LogP contribution in [-0.4, -0.2) is 34.5 Å². The Bertz CT molecular complexity index is 1170. The van der Waals surface area contributed by atoms with Crippen LogP contribution in [0.15, 0.2) is 51.8 Å². The van der Waals surface area contributed by atoms with Gasteiger partial charge in [-0.15, -0.1) is 0 Å². The van der Waals surface area contributed by atoms with Gasteiger partial charge in [-0.05, 0) is 44.2 Å². The molecule has 0 aliphatic rings. The van der Waals surface area contributed by atoms with Gasteiger partial charge in [-0.1, -0.05) is 17.7 Å². The molecule has 0 aliphatic carbocycles. The van der Waals surface area contributed by atoms with Crippen LogP contribution in [0.3, 0.4) is 0 Å². The Balaban J connectivity index is 1.93. The third kappa shape index (κ3) is 4.49. The lowest BCUT2D eigenvalue weighted by Gasteiger charge is -2.15. The van der Waals surface area contributed by atoms with E-state index in [1.807, 2.05) is 29.8 Å². The van der Waals surface area contributed by atoms with Crippen molar-refractivity contribution in [2.45, 2.75) is 24.8 Å². The summed E-state index contributed by atoms with van der Waals surface area (Å²) in [6.07, 6.45) is -0.278. The molecule has 0 bridgehead atoms. The Morgan fingerprint density at radius 3 is 2.55 bits per heavy atom. The molecule has 9 heteroatoms. The number of hydrogen-bond acceptors (Lipinski definition) is 6. The third-order valence-corrected chi connectivity index (χ3v) is 5.87. The molecule has 1 amide bonds. The summed E-state index contributed by atoms with van der Waals surface area (Å²) in [5, 5.41) is 0.628. The van der Waals surface area contributed by atoms with E-state index in [-0.39, 0.29) is 27.5 Å². The predicted octanol–water partition coefficient (Wildman–Crippen LogP) is 4.06. The van der Waals surface area contributed by atoms with E-state index >= 15 is 0 Å². The molecule has 3 aromatic rings. The van der Waals surface area contributed by atoms with Crippen LogP contribution >= 0.6 is 11.6 Å². The monoisotopic (exact) mass is 436 g/mol. The highest BCUT2D eigenvalue weighted by Gasteiger charge is 2.27. The topological polar surface area (TPSA) is 88.8 Å². The molecule has 0 atom stereocenters. The average Bonchev–Trinajstić information content (AvgIpc) is 3.04. The number of rotatable bonds is 6. The standard InChI is InChI=1S/C20H21ClN2O5S/c1-12(2)27-16-7-5-6-15(21)19(16)29(25,26)22-20(24)18-10-13-8-9-14(23(3)4)11-17(13)28-18/h5-12H,1-4H3,(H,22,24). The van der Waals surface area contributed by atoms with E-state index in [2.05, 4.69) is 0 Å². The van der Waals surface area contributed by atoms with E-state index in [0.717, 1.165) is 5.69 Å². The fraction of sp³-hybridized carbons (Fsp3) is 0.250. The van der Waals surface area contributed by atoms with E-state index < -0.39 is 15.9 Å². The largest absolute Gasteiger partial charge is 0.490 e. The van der Waals surface area contributed by atoms with Gasteiger partial charge in [0, 0.05) is 31.2 Å². The SMILES string of the molecule is CC(C)Oc1cccc(Cl)c1S(=O)(=O)NC(=O)c1cc2ccc(N(C)C)cc2o1. The van der Waals surface area contributed by atoms with Crippen molar-refractivity contribution in [1.82, 2.24) is 4.72 Å². The van der Waals surface area contributed by atoms with Gasteiger partial charge in [-0.25, -0.2) is 13.1 Å². The molecule has 0 aliphatic heterocycles. The second-order valence-corrected chi connectivity index (χ2v) is 8.92. The molecular weight excluding hydrogens is 416 g/mol. The number of furan rings is 1. The number of nitrogens with zero attached hydrogens (tertiary/aromatic N) is 1. The first kappa shape index (κ1) is 21.0. The van der Waals surface area contributed by atoms with Gasteiger partial charge in [0.15, 0.2) is 5.76 Å². The smallest absolute Gasteiger partial charge is 0.300 e. The summed E-state index contributed by atoms with van der Waals surface area (Å²) in [5.74, 6) is -0.964. The van der Waals surface area contributed by atoms with Crippen molar-refractivity contribution in [3.05, 3.63) is 53.2 Å². The van der Waals surface area contributed by atoms with Crippen LogP contribution in [0.2, 0.25) is 5.02 Å². The van der Waals surface area contributed by atoms with Crippen LogP contribution in [0.25, 0.3) is 11.0 Å². The molecule has 2 aromatic carbocycles. The number of hydrogen-bond donors (Lipinski definition) is 1. The van der Waals surface area contributed by atoms with Crippen molar-refractivity contribution in [1.29, 1.82) is 0 Å². The maximum Gasteiger partial charge on any atom is 0.300 e. The van der Waals surface area contributed by atoms with Crippen molar-refractivity contribution in [2.75, 3.05) is 19.0 Å². The molecule has 0 saturated heterocycles. The molecule has 154 valence electrons. The highest BCUT2D eigenvalue weighted by molar-refractivity contribution is 7.90. The molecule has 1 N–H and O–H groups in total. The number of carbonyl (C=O) groups excluding carboxylic acids is 1. The van der Waals surface area contributed by atoms with Crippen LogP contribution in [-0.2, 0) is 10.0 Å². The zero-order chi connectivity index (χ0) is 21.3. The zero-order valence-electron chi connectivity index (χ0n) is 16.4. The van der Waals surface area contributed by atoms with Gasteiger partial charge in [0.1, 0.15) is 16.2 Å². The summed E-state index contributed by atoms with van der Waals surface area (Å²) >= 11 is 6.10. The van der Waals surface area contributed by atoms with Gasteiger partial charge in [0.25, 0.3) is 10.0 Å². The number of amides is 1. The summed E-state index contributed by atoms with van der Waals surface area (Å²) < 4.78 is 38.8. The van der Waals surface area contributed by atoms with Gasteiger partial charge in [-0.2, -0.15) is 0 Å². The lowest BCUT2D eigenvalue weighted by molar-refractivity contribution is 0.0956. The van der Waals surface area contributed by atoms with Crippen molar-refractivity contribution in [3.8, 4) is 5.75 Å². The van der Waals surface area contributed by atoms with Crippen LogP contribution in [0, 0.1) is 0 Å². The fourth-order valence-electron chi connectivity index (χ4n) is 2.73. The number of sulfonamides is 1.